The number of aromatic amines is 1. The molecule has 4 heteroatoms. The fourth-order valence-electron chi connectivity index (χ4n) is 2.75. The topological polar surface area (TPSA) is 76.8 Å². The van der Waals surface area contributed by atoms with Crippen LogP contribution >= 0.6 is 0 Å². The van der Waals surface area contributed by atoms with Gasteiger partial charge in [0.25, 0.3) is 0 Å². The normalized spacial score (nSPS) is 13.6. The average Bonchev–Trinajstić information content (AvgIpc) is 2.46. The summed E-state index contributed by atoms with van der Waals surface area (Å²) in [6.07, 6.45) is 7.95. The van der Waals surface area contributed by atoms with Crippen molar-refractivity contribution >= 4 is 5.82 Å². The minimum atomic E-state index is 0.353. The summed E-state index contributed by atoms with van der Waals surface area (Å²) >= 11 is 0. The molecular weight excluding hydrogens is 236 g/mol. The number of aromatic nitrogens is 2. The summed E-state index contributed by atoms with van der Waals surface area (Å²) in [6, 6.07) is 6.17. The third-order valence-electron chi connectivity index (χ3n) is 3.62. The van der Waals surface area contributed by atoms with Crippen molar-refractivity contribution < 1.29 is 4.98 Å². The number of nitrogens with one attached hydrogen (secondary N) is 1. The van der Waals surface area contributed by atoms with Crippen LogP contribution in [0.3, 0.4) is 0 Å². The number of H-pyrrole nitrogens is 1. The minimum Gasteiger partial charge on any atom is -0.383 e. The van der Waals surface area contributed by atoms with Gasteiger partial charge < -0.3 is 5.73 Å². The highest BCUT2D eigenvalue weighted by molar-refractivity contribution is 5.78. The SMILES string of the molecule is N#Cc1c(N)nc2c(c1-c1cc[nH+]cc1)CCCC2. The molecule has 1 aliphatic carbocycles. The first-order valence-electron chi connectivity index (χ1n) is 6.49. The molecule has 1 aliphatic rings. The molecule has 2 heterocycles. The molecule has 0 bridgehead atoms. The van der Waals surface area contributed by atoms with Crippen LogP contribution in [0.4, 0.5) is 5.82 Å². The summed E-state index contributed by atoms with van der Waals surface area (Å²) < 4.78 is 0. The molecule has 2 aromatic rings. The van der Waals surface area contributed by atoms with Crippen LogP contribution in [-0.4, -0.2) is 4.98 Å². The maximum Gasteiger partial charge on any atom is 0.167 e. The third-order valence-corrected chi connectivity index (χ3v) is 3.62. The van der Waals surface area contributed by atoms with E-state index in [4.69, 9.17) is 5.73 Å². The first kappa shape index (κ1) is 11.7. The van der Waals surface area contributed by atoms with Crippen LogP contribution in [0.15, 0.2) is 24.5 Å². The molecule has 0 radical (unpaired) electrons. The maximum absolute atomic E-state index is 9.38. The molecule has 0 aromatic carbocycles. The van der Waals surface area contributed by atoms with Gasteiger partial charge >= 0.3 is 0 Å². The van der Waals surface area contributed by atoms with E-state index in [1.165, 1.54) is 5.56 Å². The molecule has 2 aromatic heterocycles. The Morgan fingerprint density at radius 3 is 2.68 bits per heavy atom. The highest BCUT2D eigenvalue weighted by Crippen LogP contribution is 2.35. The number of nitrogens with zero attached hydrogens (tertiary/aromatic N) is 2. The number of aryl methyl sites for hydroxylation is 1. The van der Waals surface area contributed by atoms with Gasteiger partial charge in [0.05, 0.1) is 0 Å². The van der Waals surface area contributed by atoms with Crippen LogP contribution in [0.1, 0.15) is 29.7 Å². The van der Waals surface area contributed by atoms with E-state index >= 15 is 0 Å². The van der Waals surface area contributed by atoms with E-state index in [2.05, 4.69) is 16.0 Å². The van der Waals surface area contributed by atoms with Gasteiger partial charge in [-0.1, -0.05) is 0 Å². The first-order valence-corrected chi connectivity index (χ1v) is 6.49. The molecule has 0 atom stereocenters. The molecule has 19 heavy (non-hydrogen) atoms. The minimum absolute atomic E-state index is 0.353. The van der Waals surface area contributed by atoms with Gasteiger partial charge in [-0.3, -0.25) is 0 Å². The summed E-state index contributed by atoms with van der Waals surface area (Å²) in [5.41, 5.74) is 10.7. The van der Waals surface area contributed by atoms with Crippen LogP contribution < -0.4 is 10.7 Å². The van der Waals surface area contributed by atoms with E-state index in [9.17, 15) is 5.26 Å². The van der Waals surface area contributed by atoms with Gasteiger partial charge in [-0.25, -0.2) is 9.97 Å². The molecule has 94 valence electrons. The summed E-state index contributed by atoms with van der Waals surface area (Å²) in [7, 11) is 0. The lowest BCUT2D eigenvalue weighted by Crippen LogP contribution is -2.12. The van der Waals surface area contributed by atoms with E-state index in [-0.39, 0.29) is 0 Å². The molecule has 0 saturated heterocycles. The van der Waals surface area contributed by atoms with Crippen molar-refractivity contribution in [3.05, 3.63) is 41.3 Å². The average molecular weight is 251 g/mol. The Labute approximate surface area is 111 Å². The van der Waals surface area contributed by atoms with Crippen molar-refractivity contribution in [1.29, 1.82) is 5.26 Å². The van der Waals surface area contributed by atoms with Crippen LogP contribution in [0, 0.1) is 11.3 Å². The van der Waals surface area contributed by atoms with Gasteiger partial charge in [0.2, 0.25) is 0 Å². The second-order valence-corrected chi connectivity index (χ2v) is 4.78. The van der Waals surface area contributed by atoms with E-state index in [1.807, 2.05) is 24.5 Å². The fraction of sp³-hybridized carbons (Fsp3) is 0.267. The van der Waals surface area contributed by atoms with Gasteiger partial charge in [-0.05, 0) is 36.8 Å². The molecule has 0 aliphatic heterocycles. The smallest absolute Gasteiger partial charge is 0.167 e. The molecule has 0 fully saturated rings. The number of hydrogen-bond donors (Lipinski definition) is 1. The van der Waals surface area contributed by atoms with Crippen molar-refractivity contribution in [2.75, 3.05) is 5.73 Å². The molecule has 0 spiro atoms. The van der Waals surface area contributed by atoms with Gasteiger partial charge in [-0.15, -0.1) is 0 Å². The Bertz CT molecular complexity index is 656. The maximum atomic E-state index is 9.38. The third kappa shape index (κ3) is 1.93. The highest BCUT2D eigenvalue weighted by Gasteiger charge is 2.21. The quantitative estimate of drug-likeness (QED) is 0.840. The monoisotopic (exact) mass is 251 g/mol. The summed E-state index contributed by atoms with van der Waals surface area (Å²) in [4.78, 5) is 7.42. The largest absolute Gasteiger partial charge is 0.383 e. The molecule has 0 saturated carbocycles. The fourth-order valence-corrected chi connectivity index (χ4v) is 2.75. The second-order valence-electron chi connectivity index (χ2n) is 4.78. The number of nitrogens with two attached hydrogens (primary N) is 1. The van der Waals surface area contributed by atoms with Crippen molar-refractivity contribution in [1.82, 2.24) is 4.98 Å². The number of fused-ring (bicyclic) bond motifs is 1. The van der Waals surface area contributed by atoms with Crippen molar-refractivity contribution in [3.8, 4) is 17.2 Å². The Kier molecular flexibility index (Phi) is 2.88. The van der Waals surface area contributed by atoms with Crippen LogP contribution in [0.25, 0.3) is 11.1 Å². The summed E-state index contributed by atoms with van der Waals surface area (Å²) in [5.74, 6) is 0.353. The van der Waals surface area contributed by atoms with Crippen molar-refractivity contribution in [3.63, 3.8) is 0 Å². The summed E-state index contributed by atoms with van der Waals surface area (Å²) in [6.45, 7) is 0. The molecule has 4 nitrogen and oxygen atoms in total. The molecule has 3 N–H and O–H groups in total. The first-order chi connectivity index (χ1) is 9.31. The Morgan fingerprint density at radius 2 is 1.95 bits per heavy atom. The number of anilines is 1. The van der Waals surface area contributed by atoms with Gasteiger partial charge in [0.1, 0.15) is 17.5 Å². The van der Waals surface area contributed by atoms with Gasteiger partial charge in [0, 0.05) is 23.4 Å². The van der Waals surface area contributed by atoms with Crippen LogP contribution in [0.5, 0.6) is 0 Å². The zero-order chi connectivity index (χ0) is 13.2. The number of rotatable bonds is 1. The predicted octanol–water partition coefficient (Wildman–Crippen LogP) is 1.90. The molecule has 0 unspecified atom stereocenters. The molecular formula is C15H15N4+. The highest BCUT2D eigenvalue weighted by atomic mass is 14.9. The Morgan fingerprint density at radius 1 is 1.21 bits per heavy atom. The molecule has 3 rings (SSSR count). The molecule has 0 amide bonds. The zero-order valence-corrected chi connectivity index (χ0v) is 10.6. The number of nitriles is 1. The van der Waals surface area contributed by atoms with E-state index in [0.717, 1.165) is 42.5 Å². The van der Waals surface area contributed by atoms with Crippen molar-refractivity contribution in [2.45, 2.75) is 25.7 Å². The van der Waals surface area contributed by atoms with Gasteiger partial charge in [-0.2, -0.15) is 5.26 Å². The van der Waals surface area contributed by atoms with Crippen LogP contribution in [-0.2, 0) is 12.8 Å². The number of hydrogen-bond acceptors (Lipinski definition) is 3. The Hall–Kier alpha value is -2.41. The number of pyridine rings is 2. The summed E-state index contributed by atoms with van der Waals surface area (Å²) in [5, 5.41) is 9.38. The van der Waals surface area contributed by atoms with Gasteiger partial charge in [0.15, 0.2) is 12.4 Å². The van der Waals surface area contributed by atoms with Crippen molar-refractivity contribution in [2.24, 2.45) is 0 Å². The van der Waals surface area contributed by atoms with Crippen LogP contribution in [0.2, 0.25) is 0 Å². The van der Waals surface area contributed by atoms with E-state index in [0.29, 0.717) is 11.4 Å². The standard InChI is InChI=1S/C15H14N4/c16-9-12-14(10-5-7-18-8-6-10)11-3-1-2-4-13(11)19-15(12)17/h5-8H,1-4H2,(H2,17,19)/p+1. The number of nitrogen functional groups attached to an aromatic ring is 1. The van der Waals surface area contributed by atoms with E-state index in [1.54, 1.807) is 0 Å². The lowest BCUT2D eigenvalue weighted by molar-refractivity contribution is -0.377. The lowest BCUT2D eigenvalue weighted by atomic mass is 9.87. The lowest BCUT2D eigenvalue weighted by Gasteiger charge is -2.20. The van der Waals surface area contributed by atoms with E-state index < -0.39 is 0 Å². The Balaban J connectivity index is 2.32. The predicted molar refractivity (Wildman–Crippen MR) is 72.0 cm³/mol. The second kappa shape index (κ2) is 4.69. The zero-order valence-electron chi connectivity index (χ0n) is 10.6.